The first kappa shape index (κ1) is 15.6. The highest BCUT2D eigenvalue weighted by atomic mass is 32.2. The molecule has 2 aromatic rings. The molecule has 0 atom stereocenters. The zero-order chi connectivity index (χ0) is 15.5. The Bertz CT molecular complexity index is 685. The highest BCUT2D eigenvalue weighted by molar-refractivity contribution is 7.92. The van der Waals surface area contributed by atoms with Crippen molar-refractivity contribution in [1.29, 1.82) is 0 Å². The summed E-state index contributed by atoms with van der Waals surface area (Å²) in [5, 5.41) is 12.8. The molecule has 0 unspecified atom stereocenters. The van der Waals surface area contributed by atoms with Crippen molar-refractivity contribution in [3.8, 4) is 11.5 Å². The van der Waals surface area contributed by atoms with E-state index in [1.807, 2.05) is 0 Å². The molecular formula is C13H15NO5S2. The number of rotatable bonds is 6. The van der Waals surface area contributed by atoms with Crippen LogP contribution in [0.25, 0.3) is 0 Å². The molecule has 6 nitrogen and oxygen atoms in total. The van der Waals surface area contributed by atoms with Gasteiger partial charge in [0.05, 0.1) is 31.4 Å². The Morgan fingerprint density at radius 3 is 2.57 bits per heavy atom. The van der Waals surface area contributed by atoms with Crippen LogP contribution in [0.2, 0.25) is 0 Å². The minimum Gasteiger partial charge on any atom is -0.493 e. The Morgan fingerprint density at radius 2 is 2.05 bits per heavy atom. The predicted octanol–water partition coefficient (Wildman–Crippen LogP) is 2.06. The van der Waals surface area contributed by atoms with Crippen molar-refractivity contribution < 1.29 is 23.0 Å². The molecule has 0 bridgehead atoms. The first-order chi connectivity index (χ1) is 10.0. The van der Waals surface area contributed by atoms with Gasteiger partial charge in [-0.2, -0.15) is 11.3 Å². The molecule has 1 aromatic heterocycles. The zero-order valence-corrected chi connectivity index (χ0v) is 13.1. The summed E-state index contributed by atoms with van der Waals surface area (Å²) in [6.07, 6.45) is 0. The number of hydrogen-bond acceptors (Lipinski definition) is 6. The standard InChI is InChI=1S/C13H15NO5S2/c1-18-12-6-11(5-9(7-15)13(12)19-2)21(16,17)14-10-3-4-20-8-10/h3-6,8,14-15H,7H2,1-2H3. The third-order valence-electron chi connectivity index (χ3n) is 2.78. The van der Waals surface area contributed by atoms with Crippen LogP contribution in [0.5, 0.6) is 11.5 Å². The van der Waals surface area contributed by atoms with Gasteiger partial charge in [0.1, 0.15) is 0 Å². The lowest BCUT2D eigenvalue weighted by Crippen LogP contribution is -2.13. The van der Waals surface area contributed by atoms with Gasteiger partial charge >= 0.3 is 0 Å². The normalized spacial score (nSPS) is 11.2. The summed E-state index contributed by atoms with van der Waals surface area (Å²) in [7, 11) is -0.934. The molecule has 1 aromatic carbocycles. The minimum absolute atomic E-state index is 0.00426. The molecule has 0 radical (unpaired) electrons. The van der Waals surface area contributed by atoms with Crippen LogP contribution in [0.15, 0.2) is 33.9 Å². The van der Waals surface area contributed by atoms with E-state index in [2.05, 4.69) is 4.72 Å². The monoisotopic (exact) mass is 329 g/mol. The number of aliphatic hydroxyl groups excluding tert-OH is 1. The van der Waals surface area contributed by atoms with Gasteiger partial charge in [-0.15, -0.1) is 0 Å². The Kier molecular flexibility index (Phi) is 4.71. The molecule has 21 heavy (non-hydrogen) atoms. The van der Waals surface area contributed by atoms with Crippen LogP contribution < -0.4 is 14.2 Å². The van der Waals surface area contributed by atoms with Gasteiger partial charge in [0.25, 0.3) is 10.0 Å². The molecule has 2 rings (SSSR count). The van der Waals surface area contributed by atoms with E-state index in [0.29, 0.717) is 17.0 Å². The SMILES string of the molecule is COc1cc(S(=O)(=O)Nc2ccsc2)cc(CO)c1OC. The lowest BCUT2D eigenvalue weighted by Gasteiger charge is -2.14. The van der Waals surface area contributed by atoms with E-state index in [-0.39, 0.29) is 17.3 Å². The largest absolute Gasteiger partial charge is 0.493 e. The first-order valence-corrected chi connectivity index (χ1v) is 8.35. The number of anilines is 1. The number of thiophene rings is 1. The second-order valence-corrected chi connectivity index (χ2v) is 6.56. The topological polar surface area (TPSA) is 84.9 Å². The van der Waals surface area contributed by atoms with Gasteiger partial charge in [0.15, 0.2) is 11.5 Å². The number of methoxy groups -OCH3 is 2. The van der Waals surface area contributed by atoms with Gasteiger partial charge in [-0.05, 0) is 17.5 Å². The number of hydrogen-bond donors (Lipinski definition) is 2. The fraction of sp³-hybridized carbons (Fsp3) is 0.231. The molecule has 0 amide bonds. The molecule has 0 aliphatic carbocycles. The zero-order valence-electron chi connectivity index (χ0n) is 11.5. The third kappa shape index (κ3) is 3.29. The smallest absolute Gasteiger partial charge is 0.262 e. The summed E-state index contributed by atoms with van der Waals surface area (Å²) in [6, 6.07) is 4.37. The minimum atomic E-state index is -3.76. The van der Waals surface area contributed by atoms with E-state index in [4.69, 9.17) is 9.47 Å². The van der Waals surface area contributed by atoms with Crippen LogP contribution in [-0.4, -0.2) is 27.7 Å². The van der Waals surface area contributed by atoms with E-state index < -0.39 is 10.0 Å². The molecule has 8 heteroatoms. The average molecular weight is 329 g/mol. The summed E-state index contributed by atoms with van der Waals surface area (Å²) < 4.78 is 37.4. The van der Waals surface area contributed by atoms with Crippen molar-refractivity contribution in [3.63, 3.8) is 0 Å². The van der Waals surface area contributed by atoms with Gasteiger partial charge < -0.3 is 14.6 Å². The second kappa shape index (κ2) is 6.33. The lowest BCUT2D eigenvalue weighted by molar-refractivity contribution is 0.269. The summed E-state index contributed by atoms with van der Waals surface area (Å²) in [4.78, 5) is -0.00426. The molecular weight excluding hydrogens is 314 g/mol. The Hall–Kier alpha value is -1.77. The molecule has 0 saturated heterocycles. The predicted molar refractivity (Wildman–Crippen MR) is 80.6 cm³/mol. The number of sulfonamides is 1. The summed E-state index contributed by atoms with van der Waals surface area (Å²) in [5.74, 6) is 0.559. The average Bonchev–Trinajstić information content (AvgIpc) is 2.97. The van der Waals surface area contributed by atoms with Crippen LogP contribution in [0.4, 0.5) is 5.69 Å². The number of nitrogens with one attached hydrogen (secondary N) is 1. The van der Waals surface area contributed by atoms with Crippen LogP contribution >= 0.6 is 11.3 Å². The van der Waals surface area contributed by atoms with E-state index in [1.165, 1.54) is 37.7 Å². The summed E-state index contributed by atoms with van der Waals surface area (Å²) in [5.41, 5.74) is 0.822. The highest BCUT2D eigenvalue weighted by Gasteiger charge is 2.20. The van der Waals surface area contributed by atoms with Crippen LogP contribution in [0.1, 0.15) is 5.56 Å². The molecule has 0 aliphatic rings. The van der Waals surface area contributed by atoms with Crippen molar-refractivity contribution in [3.05, 3.63) is 34.5 Å². The molecule has 2 N–H and O–H groups in total. The van der Waals surface area contributed by atoms with Crippen molar-refractivity contribution in [2.24, 2.45) is 0 Å². The maximum atomic E-state index is 12.4. The van der Waals surface area contributed by atoms with E-state index in [1.54, 1.807) is 16.8 Å². The van der Waals surface area contributed by atoms with Crippen LogP contribution in [0.3, 0.4) is 0 Å². The fourth-order valence-corrected chi connectivity index (χ4v) is 3.60. The fourth-order valence-electron chi connectivity index (χ4n) is 1.82. The molecule has 0 aliphatic heterocycles. The van der Waals surface area contributed by atoms with Crippen molar-refractivity contribution in [2.75, 3.05) is 18.9 Å². The van der Waals surface area contributed by atoms with E-state index in [0.717, 1.165) is 0 Å². The number of aliphatic hydroxyl groups is 1. The molecule has 0 spiro atoms. The Morgan fingerprint density at radius 1 is 1.29 bits per heavy atom. The number of benzene rings is 1. The lowest BCUT2D eigenvalue weighted by atomic mass is 10.2. The van der Waals surface area contributed by atoms with Gasteiger partial charge in [-0.25, -0.2) is 8.42 Å². The van der Waals surface area contributed by atoms with Gasteiger partial charge in [0.2, 0.25) is 0 Å². The third-order valence-corrected chi connectivity index (χ3v) is 4.83. The Balaban J connectivity index is 2.48. The van der Waals surface area contributed by atoms with Crippen LogP contribution in [-0.2, 0) is 16.6 Å². The van der Waals surface area contributed by atoms with E-state index >= 15 is 0 Å². The quantitative estimate of drug-likeness (QED) is 0.847. The van der Waals surface area contributed by atoms with Gasteiger partial charge in [-0.1, -0.05) is 0 Å². The number of ether oxygens (including phenoxy) is 2. The first-order valence-electron chi connectivity index (χ1n) is 5.92. The molecule has 0 saturated carbocycles. The maximum Gasteiger partial charge on any atom is 0.262 e. The van der Waals surface area contributed by atoms with Crippen molar-refractivity contribution in [1.82, 2.24) is 0 Å². The molecule has 1 heterocycles. The van der Waals surface area contributed by atoms with E-state index in [9.17, 15) is 13.5 Å². The molecule has 114 valence electrons. The van der Waals surface area contributed by atoms with Crippen LogP contribution in [0, 0.1) is 0 Å². The maximum absolute atomic E-state index is 12.4. The Labute approximate surface area is 127 Å². The van der Waals surface area contributed by atoms with Crippen molar-refractivity contribution in [2.45, 2.75) is 11.5 Å². The van der Waals surface area contributed by atoms with Gasteiger partial charge in [0, 0.05) is 17.0 Å². The molecule has 0 fully saturated rings. The highest BCUT2D eigenvalue weighted by Crippen LogP contribution is 2.34. The van der Waals surface area contributed by atoms with Crippen molar-refractivity contribution >= 4 is 27.0 Å². The van der Waals surface area contributed by atoms with Gasteiger partial charge in [-0.3, -0.25) is 4.72 Å². The summed E-state index contributed by atoms with van der Waals surface area (Å²) >= 11 is 1.39. The summed E-state index contributed by atoms with van der Waals surface area (Å²) in [6.45, 7) is -0.360. The second-order valence-electron chi connectivity index (χ2n) is 4.09.